The standard InChI is InChI=1S/C15H17ClN6.C2H6/c16-15-19-14(12-7-4-8-22(12)20-15)18-13-9-21(10-17-13)11-5-2-1-3-6-11;1-2/h4,7-11H,1-3,5-6H2,(H,18,19,20);1-2H3. The van der Waals surface area contributed by atoms with Crippen LogP contribution in [-0.2, 0) is 0 Å². The SMILES string of the molecule is CC.Clc1nc(Nc2cn(C3CCCCC3)cn2)c2cccn2n1. The Morgan fingerprint density at radius 3 is 2.79 bits per heavy atom. The van der Waals surface area contributed by atoms with Gasteiger partial charge in [-0.15, -0.1) is 5.10 Å². The van der Waals surface area contributed by atoms with Gasteiger partial charge in [0, 0.05) is 18.4 Å². The van der Waals surface area contributed by atoms with Crippen LogP contribution >= 0.6 is 11.6 Å². The molecule has 6 nitrogen and oxygen atoms in total. The minimum atomic E-state index is 0.206. The van der Waals surface area contributed by atoms with Gasteiger partial charge >= 0.3 is 0 Å². The van der Waals surface area contributed by atoms with E-state index < -0.39 is 0 Å². The summed E-state index contributed by atoms with van der Waals surface area (Å²) in [5.74, 6) is 1.45. The molecule has 3 aromatic rings. The summed E-state index contributed by atoms with van der Waals surface area (Å²) in [4.78, 5) is 8.71. The van der Waals surface area contributed by atoms with E-state index in [9.17, 15) is 0 Å². The maximum absolute atomic E-state index is 5.97. The van der Waals surface area contributed by atoms with Crippen molar-refractivity contribution in [1.82, 2.24) is 24.1 Å². The van der Waals surface area contributed by atoms with Crippen LogP contribution in [-0.4, -0.2) is 24.1 Å². The lowest BCUT2D eigenvalue weighted by Crippen LogP contribution is -2.10. The smallest absolute Gasteiger partial charge is 0.243 e. The fourth-order valence-electron chi connectivity index (χ4n) is 3.10. The first kappa shape index (κ1) is 16.8. The lowest BCUT2D eigenvalue weighted by Gasteiger charge is -2.22. The summed E-state index contributed by atoms with van der Waals surface area (Å²) in [5, 5.41) is 7.57. The number of aromatic nitrogens is 5. The number of hydrogen-bond acceptors (Lipinski definition) is 4. The van der Waals surface area contributed by atoms with E-state index >= 15 is 0 Å². The highest BCUT2D eigenvalue weighted by molar-refractivity contribution is 6.28. The molecule has 0 atom stereocenters. The van der Waals surface area contributed by atoms with Gasteiger partial charge in [-0.3, -0.25) is 0 Å². The van der Waals surface area contributed by atoms with Crippen LogP contribution in [0.4, 0.5) is 11.6 Å². The Balaban J connectivity index is 0.000000815. The molecule has 1 N–H and O–H groups in total. The van der Waals surface area contributed by atoms with Gasteiger partial charge in [-0.05, 0) is 36.6 Å². The predicted octanol–water partition coefficient (Wildman–Crippen LogP) is 4.85. The number of rotatable bonds is 3. The quantitative estimate of drug-likeness (QED) is 0.736. The van der Waals surface area contributed by atoms with Crippen molar-refractivity contribution in [2.75, 3.05) is 5.32 Å². The molecule has 1 saturated carbocycles. The molecule has 0 bridgehead atoms. The van der Waals surface area contributed by atoms with Gasteiger partial charge in [-0.1, -0.05) is 33.1 Å². The Morgan fingerprint density at radius 2 is 2.00 bits per heavy atom. The zero-order valence-corrected chi connectivity index (χ0v) is 14.9. The predicted molar refractivity (Wildman–Crippen MR) is 97.0 cm³/mol. The van der Waals surface area contributed by atoms with E-state index in [1.54, 1.807) is 4.52 Å². The van der Waals surface area contributed by atoms with E-state index in [2.05, 4.69) is 25.0 Å². The van der Waals surface area contributed by atoms with Gasteiger partial charge in [0.25, 0.3) is 0 Å². The molecule has 24 heavy (non-hydrogen) atoms. The second-order valence-corrected chi connectivity index (χ2v) is 6.03. The first-order chi connectivity index (χ1) is 11.8. The van der Waals surface area contributed by atoms with Crippen molar-refractivity contribution in [3.63, 3.8) is 0 Å². The summed E-state index contributed by atoms with van der Waals surface area (Å²) in [6.07, 6.45) is 12.2. The van der Waals surface area contributed by atoms with E-state index in [4.69, 9.17) is 11.6 Å². The van der Waals surface area contributed by atoms with E-state index in [1.165, 1.54) is 32.1 Å². The van der Waals surface area contributed by atoms with E-state index in [-0.39, 0.29) is 5.28 Å². The summed E-state index contributed by atoms with van der Waals surface area (Å²) in [5.41, 5.74) is 0.872. The first-order valence-electron chi connectivity index (χ1n) is 8.61. The van der Waals surface area contributed by atoms with Gasteiger partial charge in [0.05, 0.1) is 6.33 Å². The second-order valence-electron chi connectivity index (χ2n) is 5.69. The van der Waals surface area contributed by atoms with Crippen LogP contribution in [0.3, 0.4) is 0 Å². The molecule has 128 valence electrons. The Hall–Kier alpha value is -2.08. The Kier molecular flexibility index (Phi) is 5.35. The third-order valence-corrected chi connectivity index (χ3v) is 4.37. The van der Waals surface area contributed by atoms with Gasteiger partial charge < -0.3 is 9.88 Å². The number of nitrogens with zero attached hydrogens (tertiary/aromatic N) is 5. The molecule has 0 radical (unpaired) electrons. The van der Waals surface area contributed by atoms with Crippen molar-refractivity contribution in [3.05, 3.63) is 36.1 Å². The largest absolute Gasteiger partial charge is 0.332 e. The van der Waals surface area contributed by atoms with Crippen LogP contribution in [0.5, 0.6) is 0 Å². The van der Waals surface area contributed by atoms with Crippen molar-refractivity contribution in [3.8, 4) is 0 Å². The lowest BCUT2D eigenvalue weighted by atomic mass is 9.95. The summed E-state index contributed by atoms with van der Waals surface area (Å²) >= 11 is 5.97. The fourth-order valence-corrected chi connectivity index (χ4v) is 3.27. The van der Waals surface area contributed by atoms with E-state index in [0.29, 0.717) is 11.9 Å². The van der Waals surface area contributed by atoms with Crippen molar-refractivity contribution in [2.45, 2.75) is 52.0 Å². The van der Waals surface area contributed by atoms with Crippen molar-refractivity contribution in [1.29, 1.82) is 0 Å². The molecule has 0 saturated heterocycles. The summed E-state index contributed by atoms with van der Waals surface area (Å²) < 4.78 is 3.91. The van der Waals surface area contributed by atoms with Crippen LogP contribution in [0.25, 0.3) is 5.52 Å². The van der Waals surface area contributed by atoms with E-state index in [1.807, 2.05) is 44.7 Å². The molecule has 3 aromatic heterocycles. The van der Waals surface area contributed by atoms with Crippen molar-refractivity contribution >= 4 is 28.8 Å². The third kappa shape index (κ3) is 3.53. The molecule has 3 heterocycles. The van der Waals surface area contributed by atoms with Crippen LogP contribution in [0.2, 0.25) is 5.28 Å². The van der Waals surface area contributed by atoms with Crippen molar-refractivity contribution < 1.29 is 0 Å². The molecular weight excluding hydrogens is 324 g/mol. The second kappa shape index (κ2) is 7.66. The van der Waals surface area contributed by atoms with Crippen LogP contribution in [0, 0.1) is 0 Å². The average molecular weight is 347 g/mol. The molecular formula is C17H23ClN6. The molecule has 0 aliphatic heterocycles. The van der Waals surface area contributed by atoms with Crippen molar-refractivity contribution in [2.24, 2.45) is 0 Å². The highest BCUT2D eigenvalue weighted by atomic mass is 35.5. The summed E-state index contributed by atoms with van der Waals surface area (Å²) in [6.45, 7) is 4.00. The molecule has 1 aliphatic rings. The van der Waals surface area contributed by atoms with Gasteiger partial charge in [-0.2, -0.15) is 4.98 Å². The molecule has 7 heteroatoms. The molecule has 0 unspecified atom stereocenters. The molecule has 1 aliphatic carbocycles. The lowest BCUT2D eigenvalue weighted by molar-refractivity contribution is 0.353. The minimum Gasteiger partial charge on any atom is -0.332 e. The third-order valence-electron chi connectivity index (χ3n) is 4.21. The van der Waals surface area contributed by atoms with Gasteiger partial charge in [0.2, 0.25) is 5.28 Å². The average Bonchev–Trinajstić information content (AvgIpc) is 3.27. The molecule has 4 rings (SSSR count). The van der Waals surface area contributed by atoms with Crippen LogP contribution in [0.1, 0.15) is 52.0 Å². The number of hydrogen-bond donors (Lipinski definition) is 1. The van der Waals surface area contributed by atoms with Crippen LogP contribution in [0.15, 0.2) is 30.9 Å². The molecule has 0 spiro atoms. The topological polar surface area (TPSA) is 60.0 Å². The minimum absolute atomic E-state index is 0.206. The normalized spacial score (nSPS) is 15.1. The number of anilines is 2. The fraction of sp³-hybridized carbons (Fsp3) is 0.471. The molecule has 0 aromatic carbocycles. The number of fused-ring (bicyclic) bond motifs is 1. The summed E-state index contributed by atoms with van der Waals surface area (Å²) in [7, 11) is 0. The maximum atomic E-state index is 5.97. The number of halogens is 1. The number of imidazole rings is 1. The van der Waals surface area contributed by atoms with Gasteiger partial charge in [0.1, 0.15) is 11.3 Å². The first-order valence-corrected chi connectivity index (χ1v) is 8.99. The summed E-state index contributed by atoms with van der Waals surface area (Å²) in [6, 6.07) is 4.42. The monoisotopic (exact) mass is 346 g/mol. The van der Waals surface area contributed by atoms with Gasteiger partial charge in [-0.25, -0.2) is 9.50 Å². The zero-order chi connectivity index (χ0) is 16.9. The van der Waals surface area contributed by atoms with E-state index in [0.717, 1.165) is 11.3 Å². The van der Waals surface area contributed by atoms with Gasteiger partial charge in [0.15, 0.2) is 5.82 Å². The Morgan fingerprint density at radius 1 is 1.21 bits per heavy atom. The zero-order valence-electron chi connectivity index (χ0n) is 14.1. The maximum Gasteiger partial charge on any atom is 0.243 e. The molecule has 1 fully saturated rings. The Bertz CT molecular complexity index is 787. The molecule has 0 amide bonds. The Labute approximate surface area is 146 Å². The van der Waals surface area contributed by atoms with Crippen LogP contribution < -0.4 is 5.32 Å². The highest BCUT2D eigenvalue weighted by Gasteiger charge is 2.16. The number of nitrogens with one attached hydrogen (secondary N) is 1. The highest BCUT2D eigenvalue weighted by Crippen LogP contribution is 2.29.